The fraction of sp³-hybridized carbons (Fsp3) is 0.333. The lowest BCUT2D eigenvalue weighted by Crippen LogP contribution is -2.36. The average Bonchev–Trinajstić information content (AvgIpc) is 2.55. The summed E-state index contributed by atoms with van der Waals surface area (Å²) in [4.78, 5) is 18.1. The number of nitrogens with zero attached hydrogens (tertiary/aromatic N) is 2. The molecule has 2 aromatic rings. The summed E-state index contributed by atoms with van der Waals surface area (Å²) < 4.78 is 5.38. The Morgan fingerprint density at radius 2 is 2.00 bits per heavy atom. The van der Waals surface area contributed by atoms with Crippen molar-refractivity contribution in [1.82, 2.24) is 4.98 Å². The molecule has 5 heteroatoms. The van der Waals surface area contributed by atoms with Crippen LogP contribution in [0.15, 0.2) is 36.5 Å². The quantitative estimate of drug-likeness (QED) is 0.947. The van der Waals surface area contributed by atoms with Crippen molar-refractivity contribution >= 4 is 17.3 Å². The number of carbonyl (C=O) groups is 1. The van der Waals surface area contributed by atoms with Crippen LogP contribution in [-0.2, 0) is 9.53 Å². The maximum atomic E-state index is 11.2. The second-order valence-electron chi connectivity index (χ2n) is 5.77. The Hall–Kier alpha value is -2.40. The Morgan fingerprint density at radius 1 is 1.22 bits per heavy atom. The SMILES string of the molecule is CC(=O)Nc1cc(C)cc(-c2ccc(N3CCOCC3)cn2)c1. The van der Waals surface area contributed by atoms with E-state index in [1.807, 2.05) is 31.3 Å². The number of hydrogen-bond acceptors (Lipinski definition) is 4. The van der Waals surface area contributed by atoms with Gasteiger partial charge in [-0.1, -0.05) is 0 Å². The van der Waals surface area contributed by atoms with Gasteiger partial charge in [0, 0.05) is 31.3 Å². The smallest absolute Gasteiger partial charge is 0.221 e. The van der Waals surface area contributed by atoms with Crippen LogP contribution in [0.5, 0.6) is 0 Å². The van der Waals surface area contributed by atoms with E-state index in [-0.39, 0.29) is 5.91 Å². The highest BCUT2D eigenvalue weighted by atomic mass is 16.5. The van der Waals surface area contributed by atoms with Gasteiger partial charge < -0.3 is 15.0 Å². The van der Waals surface area contributed by atoms with Gasteiger partial charge in [0.05, 0.1) is 30.8 Å². The zero-order valence-corrected chi connectivity index (χ0v) is 13.5. The van der Waals surface area contributed by atoms with E-state index in [9.17, 15) is 4.79 Å². The number of rotatable bonds is 3. The topological polar surface area (TPSA) is 54.5 Å². The summed E-state index contributed by atoms with van der Waals surface area (Å²) in [5, 5.41) is 2.83. The molecule has 1 aliphatic heterocycles. The molecule has 1 aromatic heterocycles. The van der Waals surface area contributed by atoms with Crippen molar-refractivity contribution < 1.29 is 9.53 Å². The number of amides is 1. The van der Waals surface area contributed by atoms with Crippen LogP contribution < -0.4 is 10.2 Å². The first-order chi connectivity index (χ1) is 11.1. The molecule has 0 bridgehead atoms. The molecule has 3 rings (SSSR count). The van der Waals surface area contributed by atoms with Crippen LogP contribution in [0, 0.1) is 6.92 Å². The molecule has 0 spiro atoms. The molecule has 120 valence electrons. The number of nitrogens with one attached hydrogen (secondary N) is 1. The highest BCUT2D eigenvalue weighted by molar-refractivity contribution is 5.89. The van der Waals surface area contributed by atoms with Crippen molar-refractivity contribution in [3.05, 3.63) is 42.1 Å². The van der Waals surface area contributed by atoms with Crippen LogP contribution in [0.2, 0.25) is 0 Å². The molecule has 1 amide bonds. The first kappa shape index (κ1) is 15.5. The largest absolute Gasteiger partial charge is 0.378 e. The monoisotopic (exact) mass is 311 g/mol. The molecule has 0 atom stereocenters. The van der Waals surface area contributed by atoms with Gasteiger partial charge in [-0.05, 0) is 42.8 Å². The third kappa shape index (κ3) is 3.87. The lowest BCUT2D eigenvalue weighted by atomic mass is 10.1. The molecule has 2 heterocycles. The summed E-state index contributed by atoms with van der Waals surface area (Å²) in [5.74, 6) is -0.0721. The van der Waals surface area contributed by atoms with Crippen molar-refractivity contribution in [3.8, 4) is 11.3 Å². The van der Waals surface area contributed by atoms with E-state index in [1.165, 1.54) is 6.92 Å². The van der Waals surface area contributed by atoms with E-state index in [0.717, 1.165) is 54.5 Å². The minimum absolute atomic E-state index is 0.0721. The second-order valence-corrected chi connectivity index (χ2v) is 5.77. The van der Waals surface area contributed by atoms with E-state index < -0.39 is 0 Å². The normalized spacial score (nSPS) is 14.6. The molecular formula is C18H21N3O2. The van der Waals surface area contributed by atoms with Crippen molar-refractivity contribution in [2.45, 2.75) is 13.8 Å². The molecule has 5 nitrogen and oxygen atoms in total. The number of ether oxygens (including phenoxy) is 1. The minimum atomic E-state index is -0.0721. The molecule has 0 radical (unpaired) electrons. The molecule has 0 unspecified atom stereocenters. The standard InChI is InChI=1S/C18H21N3O2/c1-13-9-15(11-16(10-13)20-14(2)22)18-4-3-17(12-19-18)21-5-7-23-8-6-21/h3-4,9-12H,5-8H2,1-2H3,(H,20,22). The fourth-order valence-corrected chi connectivity index (χ4v) is 2.77. The fourth-order valence-electron chi connectivity index (χ4n) is 2.77. The molecule has 23 heavy (non-hydrogen) atoms. The van der Waals surface area contributed by atoms with Crippen molar-refractivity contribution in [1.29, 1.82) is 0 Å². The summed E-state index contributed by atoms with van der Waals surface area (Å²) in [5.41, 5.74) is 4.91. The van der Waals surface area contributed by atoms with E-state index in [2.05, 4.69) is 27.3 Å². The highest BCUT2D eigenvalue weighted by Gasteiger charge is 2.12. The summed E-state index contributed by atoms with van der Waals surface area (Å²) >= 11 is 0. The molecule has 1 aromatic carbocycles. The molecule has 1 N–H and O–H groups in total. The van der Waals surface area contributed by atoms with E-state index in [1.54, 1.807) is 0 Å². The van der Waals surface area contributed by atoms with Gasteiger partial charge in [0.15, 0.2) is 0 Å². The van der Waals surface area contributed by atoms with Crippen molar-refractivity contribution in [2.75, 3.05) is 36.5 Å². The van der Waals surface area contributed by atoms with E-state index in [4.69, 9.17) is 4.74 Å². The van der Waals surface area contributed by atoms with E-state index >= 15 is 0 Å². The number of morpholine rings is 1. The Balaban J connectivity index is 1.83. The zero-order chi connectivity index (χ0) is 16.2. The molecule has 1 aliphatic rings. The Kier molecular flexibility index (Phi) is 4.57. The average molecular weight is 311 g/mol. The predicted molar refractivity (Wildman–Crippen MR) is 91.7 cm³/mol. The summed E-state index contributed by atoms with van der Waals surface area (Å²) in [6.07, 6.45) is 1.90. The van der Waals surface area contributed by atoms with Gasteiger partial charge in [-0.15, -0.1) is 0 Å². The lowest BCUT2D eigenvalue weighted by Gasteiger charge is -2.28. The summed E-state index contributed by atoms with van der Waals surface area (Å²) in [6.45, 7) is 6.85. The van der Waals surface area contributed by atoms with Gasteiger partial charge in [-0.3, -0.25) is 9.78 Å². The maximum absolute atomic E-state index is 11.2. The minimum Gasteiger partial charge on any atom is -0.378 e. The summed E-state index contributed by atoms with van der Waals surface area (Å²) in [6, 6.07) is 10.1. The number of hydrogen-bond donors (Lipinski definition) is 1. The van der Waals surface area contributed by atoms with Gasteiger partial charge in [0.25, 0.3) is 0 Å². The molecule has 1 saturated heterocycles. The van der Waals surface area contributed by atoms with Crippen LogP contribution in [0.3, 0.4) is 0 Å². The number of benzene rings is 1. The van der Waals surface area contributed by atoms with Gasteiger partial charge in [-0.25, -0.2) is 0 Å². The molecule has 1 fully saturated rings. The first-order valence-corrected chi connectivity index (χ1v) is 7.80. The van der Waals surface area contributed by atoms with Crippen LogP contribution in [-0.4, -0.2) is 37.2 Å². The third-order valence-electron chi connectivity index (χ3n) is 3.82. The van der Waals surface area contributed by atoms with Gasteiger partial charge in [-0.2, -0.15) is 0 Å². The molecular weight excluding hydrogens is 290 g/mol. The van der Waals surface area contributed by atoms with Crippen LogP contribution in [0.25, 0.3) is 11.3 Å². The number of aromatic nitrogens is 1. The highest BCUT2D eigenvalue weighted by Crippen LogP contribution is 2.25. The van der Waals surface area contributed by atoms with Crippen molar-refractivity contribution in [2.24, 2.45) is 0 Å². The summed E-state index contributed by atoms with van der Waals surface area (Å²) in [7, 11) is 0. The van der Waals surface area contributed by atoms with Crippen molar-refractivity contribution in [3.63, 3.8) is 0 Å². The predicted octanol–water partition coefficient (Wildman–Crippen LogP) is 2.85. The molecule has 0 aliphatic carbocycles. The number of pyridine rings is 1. The van der Waals surface area contributed by atoms with Crippen LogP contribution >= 0.6 is 0 Å². The van der Waals surface area contributed by atoms with Gasteiger partial charge in [0.2, 0.25) is 5.91 Å². The Bertz CT molecular complexity index is 692. The zero-order valence-electron chi connectivity index (χ0n) is 13.5. The third-order valence-corrected chi connectivity index (χ3v) is 3.82. The Labute approximate surface area is 136 Å². The second kappa shape index (κ2) is 6.79. The Morgan fingerprint density at radius 3 is 2.65 bits per heavy atom. The number of aryl methyl sites for hydroxylation is 1. The van der Waals surface area contributed by atoms with Gasteiger partial charge >= 0.3 is 0 Å². The van der Waals surface area contributed by atoms with Crippen LogP contribution in [0.1, 0.15) is 12.5 Å². The lowest BCUT2D eigenvalue weighted by molar-refractivity contribution is -0.114. The first-order valence-electron chi connectivity index (χ1n) is 7.80. The number of anilines is 2. The number of carbonyl (C=O) groups excluding carboxylic acids is 1. The van der Waals surface area contributed by atoms with Crippen LogP contribution in [0.4, 0.5) is 11.4 Å². The maximum Gasteiger partial charge on any atom is 0.221 e. The molecule has 0 saturated carbocycles. The van der Waals surface area contributed by atoms with E-state index in [0.29, 0.717) is 0 Å². The van der Waals surface area contributed by atoms with Gasteiger partial charge in [0.1, 0.15) is 0 Å².